The molecule has 31 heavy (non-hydrogen) atoms. The first kappa shape index (κ1) is 23.7. The number of carbonyl (C=O) groups excluding carboxylic acids is 2. The Bertz CT molecular complexity index is 900. The molecule has 0 heterocycles. The van der Waals surface area contributed by atoms with Crippen molar-refractivity contribution in [2.75, 3.05) is 26.2 Å². The number of hydroxylamine groups is 1. The number of hydrogen-bond donors (Lipinski definition) is 2. The summed E-state index contributed by atoms with van der Waals surface area (Å²) in [6.45, 7) is 3.27. The lowest BCUT2D eigenvalue weighted by Gasteiger charge is -2.31. The normalized spacial score (nSPS) is 11.2. The van der Waals surface area contributed by atoms with Crippen molar-refractivity contribution in [1.29, 1.82) is 5.26 Å². The highest BCUT2D eigenvalue weighted by Gasteiger charge is 2.23. The summed E-state index contributed by atoms with van der Waals surface area (Å²) in [4.78, 5) is 29.6. The van der Waals surface area contributed by atoms with Gasteiger partial charge in [0.1, 0.15) is 24.5 Å². The van der Waals surface area contributed by atoms with E-state index in [1.165, 1.54) is 18.9 Å². The summed E-state index contributed by atoms with van der Waals surface area (Å²) >= 11 is 0. The van der Waals surface area contributed by atoms with Crippen molar-refractivity contribution in [1.82, 2.24) is 15.5 Å². The van der Waals surface area contributed by atoms with E-state index in [-0.39, 0.29) is 25.6 Å². The molecule has 2 aromatic rings. The average molecular weight is 426 g/mol. The van der Waals surface area contributed by atoms with Gasteiger partial charge in [0.05, 0.1) is 12.1 Å². The number of nitrogens with one attached hydrogen (secondary N) is 1. The molecule has 0 spiro atoms. The molecular formula is C22H26N4O5. The van der Waals surface area contributed by atoms with Crippen molar-refractivity contribution in [3.05, 3.63) is 60.2 Å². The molecule has 1 unspecified atom stereocenters. The first-order valence-corrected chi connectivity index (χ1v) is 9.74. The maximum atomic E-state index is 12.1. The van der Waals surface area contributed by atoms with Crippen molar-refractivity contribution in [2.45, 2.75) is 20.0 Å². The van der Waals surface area contributed by atoms with E-state index in [2.05, 4.69) is 5.32 Å². The summed E-state index contributed by atoms with van der Waals surface area (Å²) in [5.74, 6) is -0.00216. The van der Waals surface area contributed by atoms with Crippen LogP contribution in [0.2, 0.25) is 0 Å². The molecule has 0 bridgehead atoms. The van der Waals surface area contributed by atoms with Crippen LogP contribution >= 0.6 is 0 Å². The van der Waals surface area contributed by atoms with E-state index >= 15 is 0 Å². The molecule has 2 amide bonds. The van der Waals surface area contributed by atoms with Gasteiger partial charge in [0.25, 0.3) is 5.91 Å². The van der Waals surface area contributed by atoms with Crippen LogP contribution in [0.5, 0.6) is 11.5 Å². The van der Waals surface area contributed by atoms with E-state index in [1.54, 1.807) is 48.5 Å². The second-order valence-electron chi connectivity index (χ2n) is 6.62. The zero-order valence-electron chi connectivity index (χ0n) is 17.5. The van der Waals surface area contributed by atoms with Crippen molar-refractivity contribution in [3.63, 3.8) is 0 Å². The second-order valence-corrected chi connectivity index (χ2v) is 6.62. The lowest BCUT2D eigenvalue weighted by Crippen LogP contribution is -2.52. The smallest absolute Gasteiger partial charge is 0.275 e. The first-order valence-electron chi connectivity index (χ1n) is 9.74. The van der Waals surface area contributed by atoms with Crippen LogP contribution in [0.4, 0.5) is 0 Å². The Labute approximate surface area is 181 Å². The van der Waals surface area contributed by atoms with E-state index < -0.39 is 12.0 Å². The number of aliphatic hydroxyl groups excluding tert-OH is 1. The van der Waals surface area contributed by atoms with Crippen LogP contribution < -0.4 is 14.9 Å². The van der Waals surface area contributed by atoms with Crippen LogP contribution in [-0.4, -0.2) is 59.4 Å². The van der Waals surface area contributed by atoms with E-state index in [0.717, 1.165) is 5.17 Å². The third kappa shape index (κ3) is 7.62. The maximum absolute atomic E-state index is 12.1. The second kappa shape index (κ2) is 12.2. The van der Waals surface area contributed by atoms with Gasteiger partial charge < -0.3 is 20.0 Å². The number of rotatable bonds is 10. The van der Waals surface area contributed by atoms with Gasteiger partial charge in [-0.15, -0.1) is 0 Å². The number of benzene rings is 2. The average Bonchev–Trinajstić information content (AvgIpc) is 2.77. The molecule has 0 aliphatic carbocycles. The van der Waals surface area contributed by atoms with E-state index in [0.29, 0.717) is 23.6 Å². The highest BCUT2D eigenvalue weighted by Crippen LogP contribution is 2.16. The first-order chi connectivity index (χ1) is 14.9. The van der Waals surface area contributed by atoms with Crippen LogP contribution in [0, 0.1) is 11.3 Å². The van der Waals surface area contributed by atoms with Crippen molar-refractivity contribution in [3.8, 4) is 17.6 Å². The fraction of sp³-hybridized carbons (Fsp3) is 0.318. The number of ether oxygens (including phenoxy) is 1. The van der Waals surface area contributed by atoms with Gasteiger partial charge in [0, 0.05) is 26.9 Å². The molecular weight excluding hydrogens is 400 g/mol. The van der Waals surface area contributed by atoms with Crippen LogP contribution in [0.15, 0.2) is 54.6 Å². The highest BCUT2D eigenvalue weighted by molar-refractivity contribution is 5.78. The zero-order valence-corrected chi connectivity index (χ0v) is 17.5. The Kier molecular flexibility index (Phi) is 9.29. The Morgan fingerprint density at radius 3 is 2.42 bits per heavy atom. The summed E-state index contributed by atoms with van der Waals surface area (Å²) in [6.07, 6.45) is -0.831. The number of para-hydroxylation sites is 2. The van der Waals surface area contributed by atoms with E-state index in [4.69, 9.17) is 14.8 Å². The minimum absolute atomic E-state index is 0.00119. The predicted octanol–water partition coefficient (Wildman–Crippen LogP) is 1.49. The maximum Gasteiger partial charge on any atom is 0.275 e. The van der Waals surface area contributed by atoms with Gasteiger partial charge in [0.2, 0.25) is 5.91 Å². The minimum atomic E-state index is -0.831. The minimum Gasteiger partial charge on any atom is -0.489 e. The molecule has 0 aromatic heterocycles. The molecule has 2 aromatic carbocycles. The topological polar surface area (TPSA) is 115 Å². The van der Waals surface area contributed by atoms with Gasteiger partial charge in [-0.2, -0.15) is 5.26 Å². The van der Waals surface area contributed by atoms with Crippen LogP contribution in [0.1, 0.15) is 19.4 Å². The molecule has 9 heteroatoms. The molecule has 0 aliphatic heterocycles. The molecule has 0 radical (unpaired) electrons. The van der Waals surface area contributed by atoms with Gasteiger partial charge in [-0.05, 0) is 24.3 Å². The summed E-state index contributed by atoms with van der Waals surface area (Å²) < 4.78 is 5.49. The summed E-state index contributed by atoms with van der Waals surface area (Å²) in [7, 11) is 0. The van der Waals surface area contributed by atoms with E-state index in [9.17, 15) is 14.7 Å². The summed E-state index contributed by atoms with van der Waals surface area (Å²) in [5.41, 5.74) is 0.391. The zero-order chi connectivity index (χ0) is 22.6. The Balaban J connectivity index is 1.82. The number of nitrogens with zero attached hydrogens (tertiary/aromatic N) is 3. The standard InChI is InChI=1S/C22H26N4O5/c1-17(27)25(26(18(2)28)31-21-9-4-3-5-10-21)13-12-24-15-20(29)16-30-22-11-7-6-8-19(22)14-23/h3-11,20,24,29H,12-13,15-16H2,1-2H3. The molecule has 2 N–H and O–H groups in total. The number of hydrazine groups is 1. The summed E-state index contributed by atoms with van der Waals surface area (Å²) in [6, 6.07) is 17.5. The fourth-order valence-electron chi connectivity index (χ4n) is 2.62. The van der Waals surface area contributed by atoms with Gasteiger partial charge in [-0.1, -0.05) is 35.5 Å². The van der Waals surface area contributed by atoms with Crippen LogP contribution in [0.3, 0.4) is 0 Å². The Morgan fingerprint density at radius 2 is 1.77 bits per heavy atom. The Morgan fingerprint density at radius 1 is 1.10 bits per heavy atom. The number of carbonyl (C=O) groups is 2. The fourth-order valence-corrected chi connectivity index (χ4v) is 2.62. The highest BCUT2D eigenvalue weighted by atomic mass is 16.7. The number of amides is 2. The number of hydrogen-bond acceptors (Lipinski definition) is 7. The predicted molar refractivity (Wildman–Crippen MR) is 113 cm³/mol. The molecule has 0 fully saturated rings. The van der Waals surface area contributed by atoms with Gasteiger partial charge in [-0.25, -0.2) is 5.01 Å². The van der Waals surface area contributed by atoms with Crippen molar-refractivity contribution in [2.24, 2.45) is 0 Å². The van der Waals surface area contributed by atoms with Crippen molar-refractivity contribution >= 4 is 11.8 Å². The van der Waals surface area contributed by atoms with Gasteiger partial charge in [0.15, 0.2) is 5.75 Å². The number of aliphatic hydroxyl groups is 1. The Hall–Kier alpha value is -3.61. The van der Waals surface area contributed by atoms with Crippen molar-refractivity contribution < 1.29 is 24.3 Å². The summed E-state index contributed by atoms with van der Waals surface area (Å²) in [5, 5.41) is 24.3. The molecule has 164 valence electrons. The monoisotopic (exact) mass is 426 g/mol. The van der Waals surface area contributed by atoms with Crippen LogP contribution in [0.25, 0.3) is 0 Å². The molecule has 0 saturated carbocycles. The lowest BCUT2D eigenvalue weighted by atomic mass is 10.2. The molecule has 0 saturated heterocycles. The van der Waals surface area contributed by atoms with Crippen LogP contribution in [-0.2, 0) is 9.59 Å². The van der Waals surface area contributed by atoms with E-state index in [1.807, 2.05) is 12.1 Å². The van der Waals surface area contributed by atoms with Gasteiger partial charge >= 0.3 is 0 Å². The lowest BCUT2D eigenvalue weighted by molar-refractivity contribution is -0.218. The SMILES string of the molecule is CC(=O)N(CCNCC(O)COc1ccccc1C#N)N(Oc1ccccc1)C(C)=O. The van der Waals surface area contributed by atoms with Gasteiger partial charge in [-0.3, -0.25) is 9.59 Å². The third-order valence-corrected chi connectivity index (χ3v) is 4.11. The largest absolute Gasteiger partial charge is 0.489 e. The quantitative estimate of drug-likeness (QED) is 0.437. The molecule has 0 aliphatic rings. The third-order valence-electron chi connectivity index (χ3n) is 4.11. The molecule has 2 rings (SSSR count). The number of nitriles is 1. The molecule has 9 nitrogen and oxygen atoms in total. The molecule has 1 atom stereocenters.